The molecular formula is C24H27FN4O3S. The van der Waals surface area contributed by atoms with Crippen LogP contribution in [0.3, 0.4) is 0 Å². The predicted octanol–water partition coefficient (Wildman–Crippen LogP) is 3.56. The Morgan fingerprint density at radius 2 is 1.85 bits per heavy atom. The van der Waals surface area contributed by atoms with Crippen LogP contribution in [0.1, 0.15) is 52.6 Å². The van der Waals surface area contributed by atoms with Crippen LogP contribution in [0.5, 0.6) is 0 Å². The molecule has 9 heteroatoms. The molecule has 4 rings (SSSR count). The van der Waals surface area contributed by atoms with Gasteiger partial charge >= 0.3 is 0 Å². The van der Waals surface area contributed by atoms with E-state index in [2.05, 4.69) is 10.3 Å². The largest absolute Gasteiger partial charge is 0.338 e. The molecule has 1 fully saturated rings. The minimum Gasteiger partial charge on any atom is -0.338 e. The number of carbonyl (C=O) groups excluding carboxylic acids is 1. The molecule has 0 saturated carbocycles. The molecule has 1 aliphatic rings. The Labute approximate surface area is 193 Å². The van der Waals surface area contributed by atoms with Crippen LogP contribution in [0.4, 0.5) is 4.39 Å². The van der Waals surface area contributed by atoms with Gasteiger partial charge in [0.25, 0.3) is 5.91 Å². The Morgan fingerprint density at radius 3 is 2.52 bits per heavy atom. The fourth-order valence-corrected chi connectivity index (χ4v) is 5.66. The van der Waals surface area contributed by atoms with E-state index >= 15 is 0 Å². The monoisotopic (exact) mass is 470 g/mol. The number of aryl methyl sites for hydroxylation is 2. The average Bonchev–Trinajstić information content (AvgIpc) is 3.24. The van der Waals surface area contributed by atoms with Crippen LogP contribution in [-0.2, 0) is 17.1 Å². The van der Waals surface area contributed by atoms with E-state index in [-0.39, 0.29) is 16.0 Å². The standard InChI is InChI=1S/C24H27FN4O3S/c1-17-10-11-18(33(31,32)29-13-6-3-7-14-29)16-20(17)24(30)27-22(23-26-12-15-28(23)2)19-8-4-5-9-21(19)25/h4-5,8-12,15-16,22H,3,6-7,13-14H2,1-2H3,(H,27,30)/t22-/m1/s1. The highest BCUT2D eigenvalue weighted by molar-refractivity contribution is 7.89. The van der Waals surface area contributed by atoms with Gasteiger partial charge in [0.1, 0.15) is 17.7 Å². The summed E-state index contributed by atoms with van der Waals surface area (Å²) >= 11 is 0. The quantitative estimate of drug-likeness (QED) is 0.597. The molecule has 33 heavy (non-hydrogen) atoms. The SMILES string of the molecule is Cc1ccc(S(=O)(=O)N2CCCCC2)cc1C(=O)N[C@H](c1ccccc1F)c1nccn1C. The number of aromatic nitrogens is 2. The number of carbonyl (C=O) groups is 1. The number of benzene rings is 2. The first-order valence-electron chi connectivity index (χ1n) is 10.9. The minimum atomic E-state index is -3.70. The molecule has 1 aromatic heterocycles. The number of imidazole rings is 1. The summed E-state index contributed by atoms with van der Waals surface area (Å²) in [5.41, 5.74) is 1.12. The van der Waals surface area contributed by atoms with Gasteiger partial charge in [-0.1, -0.05) is 30.7 Å². The summed E-state index contributed by atoms with van der Waals surface area (Å²) in [5, 5.41) is 2.86. The topological polar surface area (TPSA) is 84.3 Å². The number of halogens is 1. The third kappa shape index (κ3) is 4.69. The molecule has 3 aromatic rings. The van der Waals surface area contributed by atoms with Crippen molar-refractivity contribution < 1.29 is 17.6 Å². The number of amides is 1. The van der Waals surface area contributed by atoms with Gasteiger partial charge in [-0.05, 0) is 43.5 Å². The second kappa shape index (κ2) is 9.44. The first kappa shape index (κ1) is 23.1. The highest BCUT2D eigenvalue weighted by atomic mass is 32.2. The summed E-state index contributed by atoms with van der Waals surface area (Å²) in [6.45, 7) is 2.70. The average molecular weight is 471 g/mol. The molecule has 7 nitrogen and oxygen atoms in total. The van der Waals surface area contributed by atoms with Crippen molar-refractivity contribution in [2.45, 2.75) is 37.1 Å². The first-order valence-corrected chi connectivity index (χ1v) is 12.4. The van der Waals surface area contributed by atoms with E-state index in [1.54, 1.807) is 55.2 Å². The third-order valence-electron chi connectivity index (χ3n) is 6.01. The van der Waals surface area contributed by atoms with Crippen molar-refractivity contribution in [1.29, 1.82) is 0 Å². The lowest BCUT2D eigenvalue weighted by atomic mass is 10.0. The normalized spacial score (nSPS) is 15.8. The smallest absolute Gasteiger partial charge is 0.252 e. The van der Waals surface area contributed by atoms with E-state index < -0.39 is 27.8 Å². The van der Waals surface area contributed by atoms with Crippen molar-refractivity contribution in [3.05, 3.63) is 83.2 Å². The number of hydrogen-bond acceptors (Lipinski definition) is 4. The molecular weight excluding hydrogens is 443 g/mol. The second-order valence-electron chi connectivity index (χ2n) is 8.27. The highest BCUT2D eigenvalue weighted by Crippen LogP contribution is 2.26. The number of rotatable bonds is 6. The van der Waals surface area contributed by atoms with E-state index in [4.69, 9.17) is 0 Å². The lowest BCUT2D eigenvalue weighted by Gasteiger charge is -2.26. The summed E-state index contributed by atoms with van der Waals surface area (Å²) in [6.07, 6.45) is 5.95. The summed E-state index contributed by atoms with van der Waals surface area (Å²) in [7, 11) is -1.93. The van der Waals surface area contributed by atoms with Crippen LogP contribution in [-0.4, -0.2) is 41.3 Å². The molecule has 0 radical (unpaired) electrons. The molecule has 0 aliphatic carbocycles. The number of sulfonamides is 1. The molecule has 1 saturated heterocycles. The van der Waals surface area contributed by atoms with E-state index in [1.165, 1.54) is 22.5 Å². The van der Waals surface area contributed by atoms with Gasteiger partial charge in [0.15, 0.2) is 0 Å². The van der Waals surface area contributed by atoms with Crippen LogP contribution in [0.2, 0.25) is 0 Å². The second-order valence-corrected chi connectivity index (χ2v) is 10.2. The van der Waals surface area contributed by atoms with Gasteiger partial charge < -0.3 is 9.88 Å². The Morgan fingerprint density at radius 1 is 1.12 bits per heavy atom. The molecule has 174 valence electrons. The van der Waals surface area contributed by atoms with Crippen LogP contribution >= 0.6 is 0 Å². The molecule has 2 heterocycles. The zero-order valence-electron chi connectivity index (χ0n) is 18.7. The maximum Gasteiger partial charge on any atom is 0.252 e. The maximum atomic E-state index is 14.6. The van der Waals surface area contributed by atoms with Gasteiger partial charge in [0.2, 0.25) is 10.0 Å². The van der Waals surface area contributed by atoms with Gasteiger partial charge in [-0.25, -0.2) is 17.8 Å². The number of piperidine rings is 1. The van der Waals surface area contributed by atoms with E-state index in [9.17, 15) is 17.6 Å². The van der Waals surface area contributed by atoms with E-state index in [0.29, 0.717) is 24.5 Å². The maximum absolute atomic E-state index is 14.6. The zero-order valence-corrected chi connectivity index (χ0v) is 19.5. The molecule has 1 amide bonds. The lowest BCUT2D eigenvalue weighted by molar-refractivity contribution is 0.0940. The van der Waals surface area contributed by atoms with Crippen molar-refractivity contribution in [2.75, 3.05) is 13.1 Å². The molecule has 2 aromatic carbocycles. The number of hydrogen-bond donors (Lipinski definition) is 1. The fourth-order valence-electron chi connectivity index (χ4n) is 4.12. The van der Waals surface area contributed by atoms with Crippen molar-refractivity contribution in [3.8, 4) is 0 Å². The minimum absolute atomic E-state index is 0.0829. The van der Waals surface area contributed by atoms with E-state index in [1.807, 2.05) is 0 Å². The summed E-state index contributed by atoms with van der Waals surface area (Å²) < 4.78 is 44.1. The van der Waals surface area contributed by atoms with Gasteiger partial charge in [-0.2, -0.15) is 4.31 Å². The molecule has 1 aliphatic heterocycles. The van der Waals surface area contributed by atoms with Crippen molar-refractivity contribution in [3.63, 3.8) is 0 Å². The number of nitrogens with one attached hydrogen (secondary N) is 1. The van der Waals surface area contributed by atoms with Crippen LogP contribution in [0.25, 0.3) is 0 Å². The Balaban J connectivity index is 1.69. The lowest BCUT2D eigenvalue weighted by Crippen LogP contribution is -2.36. The Kier molecular flexibility index (Phi) is 6.62. The first-order chi connectivity index (χ1) is 15.8. The van der Waals surface area contributed by atoms with Gasteiger partial charge in [0.05, 0.1) is 4.90 Å². The zero-order chi connectivity index (χ0) is 23.6. The van der Waals surface area contributed by atoms with Gasteiger partial charge in [-0.15, -0.1) is 0 Å². The highest BCUT2D eigenvalue weighted by Gasteiger charge is 2.28. The summed E-state index contributed by atoms with van der Waals surface area (Å²) in [6, 6.07) is 9.92. The number of nitrogens with zero attached hydrogens (tertiary/aromatic N) is 3. The van der Waals surface area contributed by atoms with Crippen molar-refractivity contribution in [1.82, 2.24) is 19.2 Å². The van der Waals surface area contributed by atoms with Crippen LogP contribution < -0.4 is 5.32 Å². The predicted molar refractivity (Wildman–Crippen MR) is 123 cm³/mol. The Hall–Kier alpha value is -3.04. The van der Waals surface area contributed by atoms with Crippen molar-refractivity contribution in [2.24, 2.45) is 7.05 Å². The van der Waals surface area contributed by atoms with E-state index in [0.717, 1.165) is 19.3 Å². The fraction of sp³-hybridized carbons (Fsp3) is 0.333. The molecule has 1 N–H and O–H groups in total. The molecule has 0 unspecified atom stereocenters. The Bertz CT molecular complexity index is 1270. The van der Waals surface area contributed by atoms with Crippen LogP contribution in [0.15, 0.2) is 59.8 Å². The molecule has 0 bridgehead atoms. The molecule has 0 spiro atoms. The van der Waals surface area contributed by atoms with Crippen molar-refractivity contribution >= 4 is 15.9 Å². The van der Waals surface area contributed by atoms with Crippen LogP contribution in [0, 0.1) is 12.7 Å². The van der Waals surface area contributed by atoms with Gasteiger partial charge in [-0.3, -0.25) is 4.79 Å². The summed E-state index contributed by atoms with van der Waals surface area (Å²) in [4.78, 5) is 17.7. The van der Waals surface area contributed by atoms with Gasteiger partial charge in [0, 0.05) is 43.7 Å². The molecule has 1 atom stereocenters. The summed E-state index contributed by atoms with van der Waals surface area (Å²) in [5.74, 6) is -0.508. The third-order valence-corrected chi connectivity index (χ3v) is 7.91.